The van der Waals surface area contributed by atoms with Crippen LogP contribution in [-0.4, -0.2) is 26.3 Å². The number of hydrogen-bond acceptors (Lipinski definition) is 5. The molecule has 1 fully saturated rings. The van der Waals surface area contributed by atoms with Gasteiger partial charge in [-0.1, -0.05) is 0 Å². The topological polar surface area (TPSA) is 54.7 Å². The monoisotopic (exact) mass is 388 g/mol. The highest BCUT2D eigenvalue weighted by Gasteiger charge is 2.19. The van der Waals surface area contributed by atoms with Crippen molar-refractivity contribution in [3.8, 4) is 11.8 Å². The van der Waals surface area contributed by atoms with Crippen LogP contribution in [0.25, 0.3) is 5.57 Å². The molecule has 3 aliphatic heterocycles. The van der Waals surface area contributed by atoms with Gasteiger partial charge in [0.15, 0.2) is 0 Å². The normalized spacial score (nSPS) is 21.8. The van der Waals surface area contributed by atoms with E-state index in [1.807, 2.05) is 31.2 Å². The summed E-state index contributed by atoms with van der Waals surface area (Å²) in [4.78, 5) is 2.31. The zero-order chi connectivity index (χ0) is 20.4. The minimum Gasteiger partial charge on any atom is -0.462 e. The summed E-state index contributed by atoms with van der Waals surface area (Å²) in [5.74, 6) is 2.95. The Balaban J connectivity index is 1.63. The maximum atomic E-state index is 9.19. The molecule has 0 aromatic heterocycles. The average Bonchev–Trinajstić information content (AvgIpc) is 2.73. The van der Waals surface area contributed by atoms with Crippen molar-refractivity contribution in [2.24, 2.45) is 0 Å². The largest absolute Gasteiger partial charge is 0.462 e. The van der Waals surface area contributed by atoms with Crippen LogP contribution >= 0.6 is 0 Å². The number of anilines is 1. The number of benzene rings is 1. The quantitative estimate of drug-likeness (QED) is 0.677. The lowest BCUT2D eigenvalue weighted by atomic mass is 10.0. The Labute approximate surface area is 171 Å². The van der Waals surface area contributed by atoms with Crippen molar-refractivity contribution >= 4 is 11.3 Å². The predicted molar refractivity (Wildman–Crippen MR) is 113 cm³/mol. The van der Waals surface area contributed by atoms with E-state index in [1.54, 1.807) is 6.92 Å². The van der Waals surface area contributed by atoms with E-state index in [-0.39, 0.29) is 0 Å². The molecule has 29 heavy (non-hydrogen) atoms. The molecule has 0 saturated carbocycles. The summed E-state index contributed by atoms with van der Waals surface area (Å²) in [6.07, 6.45) is 7.61. The summed E-state index contributed by atoms with van der Waals surface area (Å²) in [6, 6.07) is 8.54. The molecule has 5 heteroatoms. The number of fused-ring (bicyclic) bond motifs is 1. The molecule has 1 aromatic rings. The van der Waals surface area contributed by atoms with Crippen molar-refractivity contribution in [1.82, 2.24) is 0 Å². The zero-order valence-electron chi connectivity index (χ0n) is 17.0. The molecule has 0 atom stereocenters. The van der Waals surface area contributed by atoms with Crippen molar-refractivity contribution < 1.29 is 14.2 Å². The van der Waals surface area contributed by atoms with Gasteiger partial charge in [0.05, 0.1) is 19.3 Å². The fraction of sp³-hybridized carbons (Fsp3) is 0.292. The van der Waals surface area contributed by atoms with Crippen molar-refractivity contribution in [3.05, 3.63) is 76.5 Å². The van der Waals surface area contributed by atoms with Crippen LogP contribution in [0.15, 0.2) is 70.9 Å². The smallest absolute Gasteiger partial charge is 0.136 e. The Morgan fingerprint density at radius 2 is 1.90 bits per heavy atom. The van der Waals surface area contributed by atoms with Gasteiger partial charge in [0.2, 0.25) is 0 Å². The highest BCUT2D eigenvalue weighted by molar-refractivity contribution is 5.76. The fourth-order valence-electron chi connectivity index (χ4n) is 3.61. The number of nitriles is 1. The van der Waals surface area contributed by atoms with Crippen molar-refractivity contribution in [2.75, 3.05) is 31.2 Å². The number of allylic oxidation sites excluding steroid dienone is 8. The Bertz CT molecular complexity index is 1030. The van der Waals surface area contributed by atoms with Gasteiger partial charge in [-0.2, -0.15) is 5.26 Å². The second-order valence-corrected chi connectivity index (χ2v) is 7.35. The molecule has 5 nitrogen and oxygen atoms in total. The van der Waals surface area contributed by atoms with Crippen molar-refractivity contribution in [3.63, 3.8) is 0 Å². The first-order valence-corrected chi connectivity index (χ1v) is 9.77. The zero-order valence-corrected chi connectivity index (χ0v) is 17.0. The second kappa shape index (κ2) is 8.02. The van der Waals surface area contributed by atoms with Gasteiger partial charge in [0.1, 0.15) is 23.0 Å². The third kappa shape index (κ3) is 4.13. The Morgan fingerprint density at radius 3 is 2.66 bits per heavy atom. The van der Waals surface area contributed by atoms with E-state index >= 15 is 0 Å². The van der Waals surface area contributed by atoms with Crippen LogP contribution in [0.5, 0.6) is 5.75 Å². The Kier molecular flexibility index (Phi) is 5.28. The van der Waals surface area contributed by atoms with E-state index in [0.29, 0.717) is 17.1 Å². The van der Waals surface area contributed by atoms with Gasteiger partial charge in [0.25, 0.3) is 0 Å². The maximum absolute atomic E-state index is 9.19. The molecule has 0 bridgehead atoms. The van der Waals surface area contributed by atoms with Gasteiger partial charge < -0.3 is 19.1 Å². The highest BCUT2D eigenvalue weighted by atomic mass is 16.5. The molecule has 148 valence electrons. The first-order chi connectivity index (χ1) is 14.0. The van der Waals surface area contributed by atoms with Crippen molar-refractivity contribution in [1.29, 1.82) is 5.26 Å². The lowest BCUT2D eigenvalue weighted by molar-refractivity contribution is 0.122. The Morgan fingerprint density at radius 1 is 1.10 bits per heavy atom. The molecule has 0 unspecified atom stereocenters. The molecule has 3 aliphatic rings. The summed E-state index contributed by atoms with van der Waals surface area (Å²) in [5, 5.41) is 9.19. The molecular formula is C24H24N2O3. The Hall–Kier alpha value is -3.23. The molecular weight excluding hydrogens is 364 g/mol. The van der Waals surface area contributed by atoms with Crippen LogP contribution in [-0.2, 0) is 9.47 Å². The molecule has 1 saturated heterocycles. The summed E-state index contributed by atoms with van der Waals surface area (Å²) >= 11 is 0. The molecule has 0 spiro atoms. The van der Waals surface area contributed by atoms with Gasteiger partial charge in [0, 0.05) is 42.1 Å². The first kappa shape index (κ1) is 19.1. The minimum atomic E-state index is 0.653. The van der Waals surface area contributed by atoms with Gasteiger partial charge in [-0.3, -0.25) is 0 Å². The lowest BCUT2D eigenvalue weighted by Crippen LogP contribution is -2.36. The second-order valence-electron chi connectivity index (χ2n) is 7.35. The van der Waals surface area contributed by atoms with E-state index in [2.05, 4.69) is 36.1 Å². The third-order valence-electron chi connectivity index (χ3n) is 5.17. The van der Waals surface area contributed by atoms with Crippen molar-refractivity contribution in [2.45, 2.75) is 20.8 Å². The summed E-state index contributed by atoms with van der Waals surface area (Å²) in [7, 11) is 0. The molecule has 0 radical (unpaired) electrons. The highest BCUT2D eigenvalue weighted by Crippen LogP contribution is 2.37. The van der Waals surface area contributed by atoms with Gasteiger partial charge in [-0.15, -0.1) is 0 Å². The maximum Gasteiger partial charge on any atom is 0.136 e. The van der Waals surface area contributed by atoms with Crippen LogP contribution in [0, 0.1) is 11.3 Å². The number of morpholine rings is 1. The SMILES string of the molecule is CC1=C/C(=C(\C)C#N)C=C(/C=C2\C=C(C)c3ccc(N4CCOCC4)cc3O2)O1. The first-order valence-electron chi connectivity index (χ1n) is 9.77. The molecule has 0 aliphatic carbocycles. The van der Waals surface area contributed by atoms with Crippen LogP contribution in [0.3, 0.4) is 0 Å². The molecule has 0 N–H and O–H groups in total. The molecule has 1 aromatic carbocycles. The summed E-state index contributed by atoms with van der Waals surface area (Å²) in [6.45, 7) is 9.03. The van der Waals surface area contributed by atoms with Crippen LogP contribution < -0.4 is 9.64 Å². The van der Waals surface area contributed by atoms with Gasteiger partial charge in [-0.25, -0.2) is 0 Å². The van der Waals surface area contributed by atoms with Crippen LogP contribution in [0.2, 0.25) is 0 Å². The summed E-state index contributed by atoms with van der Waals surface area (Å²) in [5.41, 5.74) is 4.88. The van der Waals surface area contributed by atoms with E-state index in [9.17, 15) is 5.26 Å². The standard InChI is InChI=1S/C24H24N2O3/c1-16-10-21(14-22-12-19(17(2)15-25)11-18(3)28-22)29-24-13-20(4-5-23(16)24)26-6-8-27-9-7-26/h4-5,10-14H,6-9H2,1-3H3/b19-17-,21-14+. The number of hydrogen-bond donors (Lipinski definition) is 0. The van der Waals surface area contributed by atoms with Gasteiger partial charge in [-0.05, 0) is 62.3 Å². The molecule has 3 heterocycles. The van der Waals surface area contributed by atoms with Crippen LogP contribution in [0.4, 0.5) is 5.69 Å². The third-order valence-corrected chi connectivity index (χ3v) is 5.17. The molecule has 0 amide bonds. The number of ether oxygens (including phenoxy) is 3. The van der Waals surface area contributed by atoms with Crippen LogP contribution in [0.1, 0.15) is 26.3 Å². The van der Waals surface area contributed by atoms with E-state index in [0.717, 1.165) is 60.2 Å². The van der Waals surface area contributed by atoms with Gasteiger partial charge >= 0.3 is 0 Å². The number of rotatable bonds is 2. The minimum absolute atomic E-state index is 0.653. The van der Waals surface area contributed by atoms with E-state index < -0.39 is 0 Å². The predicted octanol–water partition coefficient (Wildman–Crippen LogP) is 4.86. The van der Waals surface area contributed by atoms with E-state index in [4.69, 9.17) is 14.2 Å². The van der Waals surface area contributed by atoms with E-state index in [1.165, 1.54) is 0 Å². The molecule has 4 rings (SSSR count). The average molecular weight is 388 g/mol. The fourth-order valence-corrected chi connectivity index (χ4v) is 3.61. The number of nitrogens with zero attached hydrogens (tertiary/aromatic N) is 2. The summed E-state index contributed by atoms with van der Waals surface area (Å²) < 4.78 is 17.5. The lowest BCUT2D eigenvalue weighted by Gasteiger charge is -2.30.